The lowest BCUT2D eigenvalue weighted by Gasteiger charge is -2.10. The zero-order valence-electron chi connectivity index (χ0n) is 11.1. The van der Waals surface area contributed by atoms with E-state index < -0.39 is 11.7 Å². The van der Waals surface area contributed by atoms with Gasteiger partial charge in [-0.25, -0.2) is 0 Å². The van der Waals surface area contributed by atoms with Gasteiger partial charge in [-0.05, 0) is 30.3 Å². The molecule has 6 heteroatoms. The van der Waals surface area contributed by atoms with E-state index in [-0.39, 0.29) is 0 Å². The number of nitrogen functional groups attached to an aromatic ring is 1. The maximum absolute atomic E-state index is 12.6. The number of para-hydroxylation sites is 2. The van der Waals surface area contributed by atoms with Crippen molar-refractivity contribution in [2.75, 3.05) is 18.1 Å². The van der Waals surface area contributed by atoms with Gasteiger partial charge in [-0.2, -0.15) is 13.2 Å². The van der Waals surface area contributed by atoms with E-state index >= 15 is 0 Å². The Hall–Kier alpha value is -1.82. The molecule has 0 aliphatic heterocycles. The Bertz CT molecular complexity index is 601. The Kier molecular flexibility index (Phi) is 5.01. The summed E-state index contributed by atoms with van der Waals surface area (Å²) in [4.78, 5) is 0.564. The number of ether oxygens (including phenoxy) is 1. The maximum atomic E-state index is 12.6. The molecule has 2 N–H and O–H groups in total. The summed E-state index contributed by atoms with van der Waals surface area (Å²) in [5, 5.41) is 0. The van der Waals surface area contributed by atoms with Crippen LogP contribution in [0, 0.1) is 0 Å². The summed E-state index contributed by atoms with van der Waals surface area (Å²) >= 11 is 1.31. The zero-order valence-corrected chi connectivity index (χ0v) is 11.9. The molecule has 0 fully saturated rings. The highest BCUT2D eigenvalue weighted by molar-refractivity contribution is 7.99. The molecule has 0 radical (unpaired) electrons. The monoisotopic (exact) mass is 313 g/mol. The van der Waals surface area contributed by atoms with Crippen LogP contribution in [0.2, 0.25) is 0 Å². The molecule has 0 spiro atoms. The van der Waals surface area contributed by atoms with Gasteiger partial charge in [0, 0.05) is 10.6 Å². The molecular weight excluding hydrogens is 299 g/mol. The number of thioether (sulfide) groups is 1. The van der Waals surface area contributed by atoms with E-state index in [1.807, 2.05) is 6.07 Å². The molecule has 0 bridgehead atoms. The molecule has 0 heterocycles. The smallest absolute Gasteiger partial charge is 0.416 e. The van der Waals surface area contributed by atoms with Crippen molar-refractivity contribution < 1.29 is 17.9 Å². The molecule has 2 aromatic carbocycles. The summed E-state index contributed by atoms with van der Waals surface area (Å²) in [5.74, 6) is 1.12. The van der Waals surface area contributed by atoms with Gasteiger partial charge in [0.2, 0.25) is 0 Å². The van der Waals surface area contributed by atoms with Crippen molar-refractivity contribution in [2.24, 2.45) is 0 Å². The third kappa shape index (κ3) is 4.60. The average molecular weight is 313 g/mol. The zero-order chi connectivity index (χ0) is 15.3. The van der Waals surface area contributed by atoms with E-state index in [1.54, 1.807) is 24.3 Å². The lowest BCUT2D eigenvalue weighted by molar-refractivity contribution is -0.137. The predicted octanol–water partition coefficient (Wildman–Crippen LogP) is 4.46. The molecule has 0 unspecified atom stereocenters. The molecule has 0 amide bonds. The van der Waals surface area contributed by atoms with Gasteiger partial charge in [-0.3, -0.25) is 0 Å². The fourth-order valence-corrected chi connectivity index (χ4v) is 2.47. The summed E-state index contributed by atoms with van der Waals surface area (Å²) < 4.78 is 43.2. The highest BCUT2D eigenvalue weighted by Crippen LogP contribution is 2.31. The van der Waals surface area contributed by atoms with Gasteiger partial charge in [0.15, 0.2) is 0 Å². The lowest BCUT2D eigenvalue weighted by Crippen LogP contribution is -2.05. The van der Waals surface area contributed by atoms with Crippen molar-refractivity contribution in [2.45, 2.75) is 11.1 Å². The summed E-state index contributed by atoms with van der Waals surface area (Å²) in [6, 6.07) is 12.4. The van der Waals surface area contributed by atoms with Crippen LogP contribution >= 0.6 is 11.8 Å². The first-order valence-corrected chi connectivity index (χ1v) is 7.23. The minimum absolute atomic E-state index is 0.370. The number of hydrogen-bond acceptors (Lipinski definition) is 3. The molecule has 0 aliphatic rings. The van der Waals surface area contributed by atoms with Crippen LogP contribution in [0.3, 0.4) is 0 Å². The molecule has 0 atom stereocenters. The van der Waals surface area contributed by atoms with Gasteiger partial charge in [-0.1, -0.05) is 18.2 Å². The molecule has 2 rings (SSSR count). The van der Waals surface area contributed by atoms with Gasteiger partial charge in [0.05, 0.1) is 17.9 Å². The van der Waals surface area contributed by atoms with E-state index in [4.69, 9.17) is 10.5 Å². The number of hydrogen-bond donors (Lipinski definition) is 1. The number of alkyl halides is 3. The van der Waals surface area contributed by atoms with Crippen molar-refractivity contribution in [3.05, 3.63) is 54.1 Å². The van der Waals surface area contributed by atoms with Crippen molar-refractivity contribution in [3.63, 3.8) is 0 Å². The fraction of sp³-hybridized carbons (Fsp3) is 0.200. The van der Waals surface area contributed by atoms with Gasteiger partial charge in [0.1, 0.15) is 5.75 Å². The molecule has 0 saturated heterocycles. The van der Waals surface area contributed by atoms with Crippen molar-refractivity contribution in [1.82, 2.24) is 0 Å². The number of nitrogens with two attached hydrogens (primary N) is 1. The van der Waals surface area contributed by atoms with Crippen molar-refractivity contribution in [3.8, 4) is 5.75 Å². The Balaban J connectivity index is 1.85. The largest absolute Gasteiger partial charge is 0.491 e. The van der Waals surface area contributed by atoms with Crippen LogP contribution in [0.1, 0.15) is 5.56 Å². The molecule has 0 aromatic heterocycles. The Labute approximate surface area is 125 Å². The SMILES string of the molecule is Nc1ccccc1OCCSc1cccc(C(F)(F)F)c1. The second-order valence-electron chi connectivity index (χ2n) is 4.26. The first-order chi connectivity index (χ1) is 9.97. The van der Waals surface area contributed by atoms with Crippen molar-refractivity contribution >= 4 is 17.4 Å². The third-order valence-corrected chi connectivity index (χ3v) is 3.65. The first-order valence-electron chi connectivity index (χ1n) is 6.24. The van der Waals surface area contributed by atoms with Crippen LogP contribution in [-0.2, 0) is 6.18 Å². The van der Waals surface area contributed by atoms with Crippen LogP contribution in [0.4, 0.5) is 18.9 Å². The van der Waals surface area contributed by atoms with E-state index in [0.29, 0.717) is 28.7 Å². The summed E-state index contributed by atoms with van der Waals surface area (Å²) in [5.41, 5.74) is 5.63. The van der Waals surface area contributed by atoms with Crippen LogP contribution in [-0.4, -0.2) is 12.4 Å². The Morgan fingerprint density at radius 1 is 1.05 bits per heavy atom. The van der Waals surface area contributed by atoms with Crippen molar-refractivity contribution in [1.29, 1.82) is 0 Å². The minimum atomic E-state index is -4.31. The van der Waals surface area contributed by atoms with Crippen LogP contribution < -0.4 is 10.5 Å². The van der Waals surface area contributed by atoms with Gasteiger partial charge < -0.3 is 10.5 Å². The quantitative estimate of drug-likeness (QED) is 0.503. The fourth-order valence-electron chi connectivity index (χ4n) is 1.69. The van der Waals surface area contributed by atoms with Gasteiger partial charge >= 0.3 is 6.18 Å². The topological polar surface area (TPSA) is 35.2 Å². The minimum Gasteiger partial charge on any atom is -0.491 e. The molecule has 0 aliphatic carbocycles. The Morgan fingerprint density at radius 3 is 2.52 bits per heavy atom. The highest BCUT2D eigenvalue weighted by atomic mass is 32.2. The standard InChI is InChI=1S/C15H14F3NOS/c16-15(17,18)11-4-3-5-12(10-11)21-9-8-20-14-7-2-1-6-13(14)19/h1-7,10H,8-9,19H2. The highest BCUT2D eigenvalue weighted by Gasteiger charge is 2.30. The first kappa shape index (κ1) is 15.6. The lowest BCUT2D eigenvalue weighted by atomic mass is 10.2. The third-order valence-electron chi connectivity index (χ3n) is 2.69. The molecule has 112 valence electrons. The number of halogens is 3. The van der Waals surface area contributed by atoms with Crippen LogP contribution in [0.5, 0.6) is 5.75 Å². The van der Waals surface area contributed by atoms with Gasteiger partial charge in [0.25, 0.3) is 0 Å². The molecule has 2 nitrogen and oxygen atoms in total. The predicted molar refractivity (Wildman–Crippen MR) is 78.5 cm³/mol. The van der Waals surface area contributed by atoms with E-state index in [9.17, 15) is 13.2 Å². The average Bonchev–Trinajstić information content (AvgIpc) is 2.45. The van der Waals surface area contributed by atoms with E-state index in [0.717, 1.165) is 12.1 Å². The number of anilines is 1. The normalized spacial score (nSPS) is 11.4. The summed E-state index contributed by atoms with van der Waals surface area (Å²) in [6.45, 7) is 0.370. The summed E-state index contributed by atoms with van der Waals surface area (Å²) in [7, 11) is 0. The Morgan fingerprint density at radius 2 is 1.81 bits per heavy atom. The number of rotatable bonds is 5. The molecule has 21 heavy (non-hydrogen) atoms. The van der Waals surface area contributed by atoms with Gasteiger partial charge in [-0.15, -0.1) is 11.8 Å². The van der Waals surface area contributed by atoms with Crippen LogP contribution in [0.25, 0.3) is 0 Å². The second-order valence-corrected chi connectivity index (χ2v) is 5.43. The van der Waals surface area contributed by atoms with E-state index in [1.165, 1.54) is 17.8 Å². The summed E-state index contributed by atoms with van der Waals surface area (Å²) in [6.07, 6.45) is -4.31. The van der Waals surface area contributed by atoms with E-state index in [2.05, 4.69) is 0 Å². The van der Waals surface area contributed by atoms with Crippen LogP contribution in [0.15, 0.2) is 53.4 Å². The molecule has 0 saturated carbocycles. The maximum Gasteiger partial charge on any atom is 0.416 e. The number of benzene rings is 2. The molecule has 2 aromatic rings. The molecular formula is C15H14F3NOS. The second kappa shape index (κ2) is 6.76.